The van der Waals surface area contributed by atoms with Crippen LogP contribution in [0.4, 0.5) is 29.7 Å². The molecule has 0 radical (unpaired) electrons. The van der Waals surface area contributed by atoms with E-state index in [1.165, 1.54) is 34.0 Å². The number of piperidine rings is 1. The van der Waals surface area contributed by atoms with E-state index < -0.39 is 47.6 Å². The molecule has 53 heavy (non-hydrogen) atoms. The highest BCUT2D eigenvalue weighted by molar-refractivity contribution is 5.90. The summed E-state index contributed by atoms with van der Waals surface area (Å²) in [5.74, 6) is -2.38. The molecule has 280 valence electrons. The first-order chi connectivity index (χ1) is 25.2. The molecule has 4 aromatic rings. The third kappa shape index (κ3) is 8.29. The summed E-state index contributed by atoms with van der Waals surface area (Å²) >= 11 is 0. The van der Waals surface area contributed by atoms with Crippen molar-refractivity contribution in [2.75, 3.05) is 36.9 Å². The smallest absolute Gasteiger partial charge is 0.429 e. The normalized spacial score (nSPS) is 17.4. The number of ether oxygens (including phenoxy) is 3. The van der Waals surface area contributed by atoms with E-state index in [9.17, 15) is 32.7 Å². The number of aliphatic carboxylic acids is 1. The fourth-order valence-electron chi connectivity index (χ4n) is 6.78. The molecule has 0 bridgehead atoms. The van der Waals surface area contributed by atoms with Crippen LogP contribution in [-0.2, 0) is 20.9 Å². The molecule has 2 atom stereocenters. The number of aryl methyl sites for hydroxylation is 1. The zero-order chi connectivity index (χ0) is 37.9. The zero-order valence-corrected chi connectivity index (χ0v) is 29.0. The van der Waals surface area contributed by atoms with Crippen molar-refractivity contribution < 1.29 is 46.9 Å². The van der Waals surface area contributed by atoms with Crippen molar-refractivity contribution >= 4 is 29.8 Å². The molecule has 0 saturated carbocycles. The highest BCUT2D eigenvalue weighted by atomic mass is 19.4. The summed E-state index contributed by atoms with van der Waals surface area (Å²) in [4.78, 5) is 49.0. The van der Waals surface area contributed by atoms with Crippen molar-refractivity contribution in [2.45, 2.75) is 58.0 Å². The highest BCUT2D eigenvalue weighted by Crippen LogP contribution is 2.45. The number of aromatic nitrogens is 4. The molecule has 1 spiro atoms. The first-order valence-electron chi connectivity index (χ1n) is 16.9. The van der Waals surface area contributed by atoms with E-state index in [1.807, 2.05) is 18.2 Å². The number of likely N-dealkylation sites (tertiary alicyclic amines) is 1. The number of hydrogen-bond acceptors (Lipinski definition) is 11. The van der Waals surface area contributed by atoms with E-state index in [0.717, 1.165) is 11.6 Å². The number of rotatable bonds is 10. The number of nitrogen functional groups attached to an aromatic ring is 1. The van der Waals surface area contributed by atoms with Gasteiger partial charge in [0.1, 0.15) is 18.5 Å². The fourth-order valence-corrected chi connectivity index (χ4v) is 6.78. The Morgan fingerprint density at radius 2 is 1.77 bits per heavy atom. The quantitative estimate of drug-likeness (QED) is 0.196. The Balaban J connectivity index is 1.20. The summed E-state index contributed by atoms with van der Waals surface area (Å²) in [5, 5.41) is 14.2. The number of carbonyl (C=O) groups is 3. The minimum atomic E-state index is -4.95. The van der Waals surface area contributed by atoms with Crippen molar-refractivity contribution in [1.29, 1.82) is 0 Å². The lowest BCUT2D eigenvalue weighted by Gasteiger charge is -2.39. The topological polar surface area (TPSA) is 175 Å². The number of carboxylic acid groups (broad SMARTS) is 1. The van der Waals surface area contributed by atoms with Gasteiger partial charge in [-0.2, -0.15) is 28.2 Å². The standard InChI is InChI=1S/C36H38F3N7O7/c1-3-51-32(49)24-9-10-25(26(17-24)46-14-11-22(2)43-46)30(36(37,38)39)53-29-18-28(41-33(40)42-29)44-15-12-35(13-16-44)19-27(31(47)48)45(21-35)34(50)52-20-23-7-5-4-6-8-23/h4-11,14,17-18,27,30H,3,12-13,15-16,19-21H2,1-2H3,(H,47,48)(H2,40,41,42)/t27-,30?/m0/s1. The molecule has 1 unspecified atom stereocenters. The third-order valence-corrected chi connectivity index (χ3v) is 9.42. The van der Waals surface area contributed by atoms with Crippen molar-refractivity contribution in [3.63, 3.8) is 0 Å². The molecular formula is C36H38F3N7O7. The van der Waals surface area contributed by atoms with Gasteiger partial charge in [-0.3, -0.25) is 4.90 Å². The van der Waals surface area contributed by atoms with Crippen LogP contribution in [0.1, 0.15) is 59.5 Å². The minimum Gasteiger partial charge on any atom is -0.480 e. The number of nitrogens with two attached hydrogens (primary N) is 1. The largest absolute Gasteiger partial charge is 0.480 e. The Kier molecular flexibility index (Phi) is 10.4. The highest BCUT2D eigenvalue weighted by Gasteiger charge is 2.51. The van der Waals surface area contributed by atoms with Gasteiger partial charge >= 0.3 is 24.2 Å². The van der Waals surface area contributed by atoms with Gasteiger partial charge in [-0.1, -0.05) is 36.4 Å². The molecule has 2 aromatic heterocycles. The zero-order valence-electron chi connectivity index (χ0n) is 29.0. The van der Waals surface area contributed by atoms with Crippen LogP contribution < -0.4 is 15.4 Å². The number of halogens is 3. The first-order valence-corrected chi connectivity index (χ1v) is 16.9. The van der Waals surface area contributed by atoms with Gasteiger partial charge in [-0.05, 0) is 62.3 Å². The van der Waals surface area contributed by atoms with Crippen LogP contribution in [0.2, 0.25) is 0 Å². The van der Waals surface area contributed by atoms with Crippen LogP contribution in [0.3, 0.4) is 0 Å². The second kappa shape index (κ2) is 15.0. The number of nitrogens with zero attached hydrogens (tertiary/aromatic N) is 6. The number of anilines is 2. The lowest BCUT2D eigenvalue weighted by molar-refractivity contribution is -0.198. The summed E-state index contributed by atoms with van der Waals surface area (Å²) in [6.45, 7) is 4.22. The summed E-state index contributed by atoms with van der Waals surface area (Å²) < 4.78 is 61.7. The van der Waals surface area contributed by atoms with E-state index in [-0.39, 0.29) is 54.8 Å². The van der Waals surface area contributed by atoms with Gasteiger partial charge in [0, 0.05) is 37.5 Å². The predicted molar refractivity (Wildman–Crippen MR) is 183 cm³/mol. The maximum atomic E-state index is 14.8. The molecule has 14 nitrogen and oxygen atoms in total. The van der Waals surface area contributed by atoms with Crippen molar-refractivity contribution in [3.8, 4) is 11.6 Å². The number of carbonyl (C=O) groups excluding carboxylic acids is 2. The van der Waals surface area contributed by atoms with Gasteiger partial charge in [0.15, 0.2) is 0 Å². The van der Waals surface area contributed by atoms with Crippen molar-refractivity contribution in [3.05, 3.63) is 89.2 Å². The number of amides is 1. The van der Waals surface area contributed by atoms with E-state index >= 15 is 0 Å². The first kappa shape index (κ1) is 36.9. The molecule has 17 heteroatoms. The molecule has 6 rings (SSSR count). The number of carboxylic acids is 1. The summed E-state index contributed by atoms with van der Waals surface area (Å²) in [6.07, 6.45) is -5.60. The van der Waals surface area contributed by atoms with Crippen molar-refractivity contribution in [1.82, 2.24) is 24.6 Å². The lowest BCUT2D eigenvalue weighted by Crippen LogP contribution is -2.43. The Hall–Kier alpha value is -5.87. The number of esters is 1. The molecule has 2 aliphatic heterocycles. The third-order valence-electron chi connectivity index (χ3n) is 9.42. The molecule has 4 heterocycles. The van der Waals surface area contributed by atoms with Gasteiger partial charge in [0.2, 0.25) is 17.9 Å². The van der Waals surface area contributed by atoms with Gasteiger partial charge in [-0.15, -0.1) is 0 Å². The SMILES string of the molecule is CCOC(=O)c1ccc(C(Oc2cc(N3CCC4(CC3)C[C@@H](C(=O)O)N(C(=O)OCc3ccccc3)C4)nc(N)n2)C(F)(F)F)c(-n2ccc(C)n2)c1. The molecule has 3 N–H and O–H groups in total. The fraction of sp³-hybridized carbons (Fsp3) is 0.389. The van der Waals surface area contributed by atoms with E-state index in [4.69, 9.17) is 19.9 Å². The van der Waals surface area contributed by atoms with Gasteiger partial charge in [-0.25, -0.2) is 19.1 Å². The molecule has 2 saturated heterocycles. The summed E-state index contributed by atoms with van der Waals surface area (Å²) in [6, 6.07) is 14.5. The van der Waals surface area contributed by atoms with E-state index in [0.29, 0.717) is 31.6 Å². The molecular weight excluding hydrogens is 699 g/mol. The average Bonchev–Trinajstić information content (AvgIpc) is 3.73. The number of hydrogen-bond donors (Lipinski definition) is 2. The Bertz CT molecular complexity index is 1970. The molecule has 0 aliphatic carbocycles. The molecule has 1 amide bonds. The van der Waals surface area contributed by atoms with E-state index in [1.54, 1.807) is 36.9 Å². The van der Waals surface area contributed by atoms with Crippen LogP contribution in [0.15, 0.2) is 66.9 Å². The summed E-state index contributed by atoms with van der Waals surface area (Å²) in [5.41, 5.74) is 6.40. The monoisotopic (exact) mass is 737 g/mol. The minimum absolute atomic E-state index is 0.00114. The molecule has 2 aromatic carbocycles. The molecule has 2 fully saturated rings. The number of benzene rings is 2. The van der Waals surface area contributed by atoms with Crippen LogP contribution in [0, 0.1) is 12.3 Å². The van der Waals surface area contributed by atoms with Crippen LogP contribution in [-0.4, -0.2) is 86.2 Å². The average molecular weight is 738 g/mol. The predicted octanol–water partition coefficient (Wildman–Crippen LogP) is 5.49. The van der Waals surface area contributed by atoms with Crippen molar-refractivity contribution in [2.24, 2.45) is 5.41 Å². The Morgan fingerprint density at radius 3 is 2.42 bits per heavy atom. The van der Waals surface area contributed by atoms with Crippen LogP contribution in [0.25, 0.3) is 5.69 Å². The van der Waals surface area contributed by atoms with Gasteiger partial charge in [0.25, 0.3) is 0 Å². The summed E-state index contributed by atoms with van der Waals surface area (Å²) in [7, 11) is 0. The molecule has 2 aliphatic rings. The van der Waals surface area contributed by atoms with Gasteiger partial charge < -0.3 is 30.0 Å². The van der Waals surface area contributed by atoms with Crippen LogP contribution >= 0.6 is 0 Å². The maximum Gasteiger partial charge on any atom is 0.429 e. The maximum absolute atomic E-state index is 14.8. The Morgan fingerprint density at radius 1 is 1.04 bits per heavy atom. The van der Waals surface area contributed by atoms with Gasteiger partial charge in [0.05, 0.1) is 23.6 Å². The van der Waals surface area contributed by atoms with E-state index in [2.05, 4.69) is 15.1 Å². The lowest BCUT2D eigenvalue weighted by atomic mass is 9.76. The number of alkyl halides is 3. The Labute approximate surface area is 302 Å². The second-order valence-corrected chi connectivity index (χ2v) is 13.1. The van der Waals surface area contributed by atoms with Crippen LogP contribution in [0.5, 0.6) is 5.88 Å². The second-order valence-electron chi connectivity index (χ2n) is 13.1.